The van der Waals surface area contributed by atoms with Crippen molar-refractivity contribution in [3.63, 3.8) is 0 Å². The molecule has 1 fully saturated rings. The normalized spacial score (nSPS) is 15.2. The zero-order valence-corrected chi connectivity index (χ0v) is 19.1. The van der Waals surface area contributed by atoms with Crippen LogP contribution in [0.25, 0.3) is 11.1 Å². The van der Waals surface area contributed by atoms with Crippen LogP contribution in [0.3, 0.4) is 0 Å². The molecule has 0 saturated carbocycles. The van der Waals surface area contributed by atoms with Gasteiger partial charge in [0.05, 0.1) is 23.5 Å². The molecule has 0 radical (unpaired) electrons. The number of nitrogens with one attached hydrogen (secondary N) is 1. The minimum absolute atomic E-state index is 0.221. The SMILES string of the molecule is Cc1c(Cl)cc(N(N)/C(=N\N)c2cc(-c3cnn(C4CCNCC4)c3)cnc2N)cc1Cl. The Hall–Kier alpha value is -2.85. The van der Waals surface area contributed by atoms with Crippen LogP contribution in [0.1, 0.15) is 30.0 Å². The van der Waals surface area contributed by atoms with Crippen LogP contribution in [0.2, 0.25) is 10.0 Å². The minimum Gasteiger partial charge on any atom is -0.383 e. The van der Waals surface area contributed by atoms with Gasteiger partial charge in [-0.15, -0.1) is 0 Å². The molecule has 32 heavy (non-hydrogen) atoms. The van der Waals surface area contributed by atoms with Gasteiger partial charge in [-0.1, -0.05) is 23.2 Å². The summed E-state index contributed by atoms with van der Waals surface area (Å²) >= 11 is 12.5. The second-order valence-corrected chi connectivity index (χ2v) is 8.52. The van der Waals surface area contributed by atoms with Crippen molar-refractivity contribution in [1.82, 2.24) is 20.1 Å². The Kier molecular flexibility index (Phi) is 6.52. The Balaban J connectivity index is 1.66. The number of hydrogen-bond acceptors (Lipinski definition) is 7. The fourth-order valence-corrected chi connectivity index (χ4v) is 4.20. The van der Waals surface area contributed by atoms with Gasteiger partial charge in [-0.25, -0.2) is 10.8 Å². The summed E-state index contributed by atoms with van der Waals surface area (Å²) in [6, 6.07) is 5.59. The molecule has 11 heteroatoms. The van der Waals surface area contributed by atoms with E-state index in [1.807, 2.05) is 30.1 Å². The second-order valence-electron chi connectivity index (χ2n) is 7.70. The Morgan fingerprint density at radius 2 is 1.84 bits per heavy atom. The van der Waals surface area contributed by atoms with Crippen LogP contribution in [0.5, 0.6) is 0 Å². The van der Waals surface area contributed by atoms with Crippen LogP contribution in [-0.2, 0) is 0 Å². The minimum atomic E-state index is 0.221. The zero-order valence-electron chi connectivity index (χ0n) is 17.6. The number of anilines is 2. The van der Waals surface area contributed by atoms with E-state index in [1.165, 1.54) is 5.01 Å². The van der Waals surface area contributed by atoms with Gasteiger partial charge >= 0.3 is 0 Å². The lowest BCUT2D eigenvalue weighted by molar-refractivity contribution is 0.343. The van der Waals surface area contributed by atoms with E-state index in [4.69, 9.17) is 40.6 Å². The molecule has 3 aromatic rings. The third-order valence-electron chi connectivity index (χ3n) is 5.67. The highest BCUT2D eigenvalue weighted by molar-refractivity contribution is 6.36. The molecular formula is C21H25Cl2N9. The first-order chi connectivity index (χ1) is 15.4. The Labute approximate surface area is 196 Å². The van der Waals surface area contributed by atoms with Gasteiger partial charge in [-0.05, 0) is 56.6 Å². The summed E-state index contributed by atoms with van der Waals surface area (Å²) in [6.07, 6.45) is 7.61. The number of hydrogen-bond donors (Lipinski definition) is 4. The maximum Gasteiger partial charge on any atom is 0.177 e. The van der Waals surface area contributed by atoms with E-state index in [0.29, 0.717) is 27.3 Å². The topological polar surface area (TPSA) is 136 Å². The molecule has 1 aromatic carbocycles. The van der Waals surface area contributed by atoms with Gasteiger partial charge < -0.3 is 16.9 Å². The summed E-state index contributed by atoms with van der Waals surface area (Å²) in [7, 11) is 0. The summed E-state index contributed by atoms with van der Waals surface area (Å²) < 4.78 is 2.01. The van der Waals surface area contributed by atoms with Gasteiger partial charge in [0.2, 0.25) is 0 Å². The van der Waals surface area contributed by atoms with Crippen molar-refractivity contribution < 1.29 is 0 Å². The molecule has 0 amide bonds. The molecule has 9 nitrogen and oxygen atoms in total. The quantitative estimate of drug-likeness (QED) is 0.197. The van der Waals surface area contributed by atoms with Gasteiger partial charge in [0.1, 0.15) is 5.82 Å². The van der Waals surface area contributed by atoms with E-state index in [2.05, 4.69) is 20.5 Å². The van der Waals surface area contributed by atoms with Crippen LogP contribution in [0.4, 0.5) is 11.5 Å². The van der Waals surface area contributed by atoms with Gasteiger partial charge in [0, 0.05) is 33.6 Å². The Morgan fingerprint density at radius 3 is 2.50 bits per heavy atom. The predicted octanol–water partition coefficient (Wildman–Crippen LogP) is 3.07. The van der Waals surface area contributed by atoms with E-state index < -0.39 is 0 Å². The number of hydrazine groups is 1. The molecule has 3 heterocycles. The largest absolute Gasteiger partial charge is 0.383 e. The molecule has 1 aliphatic rings. The molecule has 7 N–H and O–H groups in total. The number of amidine groups is 1. The third kappa shape index (κ3) is 4.37. The first-order valence-electron chi connectivity index (χ1n) is 10.2. The monoisotopic (exact) mass is 473 g/mol. The highest BCUT2D eigenvalue weighted by Crippen LogP contribution is 2.31. The third-order valence-corrected chi connectivity index (χ3v) is 6.46. The number of hydrazone groups is 1. The molecule has 0 bridgehead atoms. The van der Waals surface area contributed by atoms with E-state index in [1.54, 1.807) is 18.3 Å². The maximum absolute atomic E-state index is 6.33. The average molecular weight is 474 g/mol. The number of piperidine rings is 1. The molecular weight excluding hydrogens is 449 g/mol. The number of halogens is 2. The van der Waals surface area contributed by atoms with Crippen molar-refractivity contribution in [3.8, 4) is 11.1 Å². The molecule has 2 aromatic heterocycles. The highest BCUT2D eigenvalue weighted by Gasteiger charge is 2.20. The Bertz CT molecular complexity index is 1130. The summed E-state index contributed by atoms with van der Waals surface area (Å²) in [5.74, 6) is 12.5. The number of nitrogens with zero attached hydrogens (tertiary/aromatic N) is 5. The van der Waals surface area contributed by atoms with Crippen molar-refractivity contribution >= 4 is 40.5 Å². The van der Waals surface area contributed by atoms with Crippen LogP contribution < -0.4 is 27.7 Å². The number of rotatable bonds is 4. The van der Waals surface area contributed by atoms with E-state index in [0.717, 1.165) is 42.6 Å². The average Bonchev–Trinajstić information content (AvgIpc) is 3.29. The van der Waals surface area contributed by atoms with Crippen LogP contribution in [-0.4, -0.2) is 33.7 Å². The molecule has 4 rings (SSSR count). The van der Waals surface area contributed by atoms with Gasteiger partial charge in [-0.2, -0.15) is 10.2 Å². The van der Waals surface area contributed by atoms with Gasteiger partial charge in [0.15, 0.2) is 5.84 Å². The Morgan fingerprint density at radius 1 is 1.16 bits per heavy atom. The van der Waals surface area contributed by atoms with Crippen molar-refractivity contribution in [3.05, 3.63) is 58.0 Å². The highest BCUT2D eigenvalue weighted by atomic mass is 35.5. The van der Waals surface area contributed by atoms with Gasteiger partial charge in [0.25, 0.3) is 0 Å². The zero-order chi connectivity index (χ0) is 22.8. The molecule has 0 atom stereocenters. The van der Waals surface area contributed by atoms with Gasteiger partial charge in [-0.3, -0.25) is 9.69 Å². The van der Waals surface area contributed by atoms with Crippen molar-refractivity contribution in [2.24, 2.45) is 16.8 Å². The number of aromatic nitrogens is 3. The van der Waals surface area contributed by atoms with Crippen molar-refractivity contribution in [2.45, 2.75) is 25.8 Å². The van der Waals surface area contributed by atoms with E-state index in [-0.39, 0.29) is 11.7 Å². The summed E-state index contributed by atoms with van der Waals surface area (Å²) in [4.78, 5) is 4.33. The molecule has 1 aliphatic heterocycles. The van der Waals surface area contributed by atoms with E-state index >= 15 is 0 Å². The van der Waals surface area contributed by atoms with Crippen LogP contribution in [0, 0.1) is 6.92 Å². The number of benzene rings is 1. The first-order valence-corrected chi connectivity index (χ1v) is 10.9. The maximum atomic E-state index is 6.33. The van der Waals surface area contributed by atoms with E-state index in [9.17, 15) is 0 Å². The fourth-order valence-electron chi connectivity index (χ4n) is 3.73. The summed E-state index contributed by atoms with van der Waals surface area (Å²) in [6.45, 7) is 3.80. The fraction of sp³-hybridized carbons (Fsp3) is 0.286. The lowest BCUT2D eigenvalue weighted by atomic mass is 10.1. The van der Waals surface area contributed by atoms with Crippen LogP contribution in [0.15, 0.2) is 41.9 Å². The number of pyridine rings is 1. The first kappa shape index (κ1) is 22.3. The molecule has 168 valence electrons. The smallest absolute Gasteiger partial charge is 0.177 e. The lowest BCUT2D eigenvalue weighted by Crippen LogP contribution is -2.39. The molecule has 0 spiro atoms. The van der Waals surface area contributed by atoms with Crippen LogP contribution >= 0.6 is 23.2 Å². The number of nitrogens with two attached hydrogens (primary N) is 3. The molecule has 0 aliphatic carbocycles. The number of nitrogen functional groups attached to an aromatic ring is 1. The van der Waals surface area contributed by atoms with Crippen molar-refractivity contribution in [2.75, 3.05) is 23.8 Å². The second kappa shape index (κ2) is 9.33. The lowest BCUT2D eigenvalue weighted by Gasteiger charge is -2.23. The standard InChI is InChI=1S/C21H25Cl2N9/c1-12-18(22)7-16(8-19(12)23)32(26)21(30-25)17-6-13(9-28-20(17)24)14-10-29-31(11-14)15-2-4-27-5-3-15/h6-11,15,27H,2-5,25-26H2,1H3,(H2,24,28)/b30-21-. The van der Waals surface area contributed by atoms with Crippen molar-refractivity contribution in [1.29, 1.82) is 0 Å². The summed E-state index contributed by atoms with van der Waals surface area (Å²) in [5.41, 5.74) is 9.64. The predicted molar refractivity (Wildman–Crippen MR) is 130 cm³/mol. The summed E-state index contributed by atoms with van der Waals surface area (Å²) in [5, 5.41) is 14.0. The molecule has 1 saturated heterocycles. The molecule has 0 unspecified atom stereocenters.